The predicted octanol–water partition coefficient (Wildman–Crippen LogP) is 5.33. The lowest BCUT2D eigenvalue weighted by Crippen LogP contribution is -2.50. The number of carbonyl (C=O) groups excluding carboxylic acids is 1. The van der Waals surface area contributed by atoms with Crippen LogP contribution >= 0.6 is 0 Å². The highest BCUT2D eigenvalue weighted by Gasteiger charge is 2.32. The Morgan fingerprint density at radius 1 is 1.17 bits per heavy atom. The number of nitrogens with zero attached hydrogens (tertiary/aromatic N) is 2. The van der Waals surface area contributed by atoms with Gasteiger partial charge >= 0.3 is 0 Å². The average Bonchev–Trinajstić information content (AvgIpc) is 3.18. The van der Waals surface area contributed by atoms with Crippen molar-refractivity contribution in [3.8, 4) is 0 Å². The second kappa shape index (κ2) is 9.40. The smallest absolute Gasteiger partial charge is 0.299 e. The van der Waals surface area contributed by atoms with Gasteiger partial charge in [-0.3, -0.25) is 4.79 Å². The van der Waals surface area contributed by atoms with Crippen molar-refractivity contribution in [1.82, 2.24) is 10.3 Å². The Bertz CT molecular complexity index is 851. The molecule has 2 aromatic rings. The fourth-order valence-electron chi connectivity index (χ4n) is 5.54. The van der Waals surface area contributed by atoms with Crippen molar-refractivity contribution in [3.63, 3.8) is 0 Å². The molecule has 4 atom stereocenters. The van der Waals surface area contributed by atoms with Crippen molar-refractivity contribution in [2.75, 3.05) is 18.0 Å². The summed E-state index contributed by atoms with van der Waals surface area (Å²) in [4.78, 5) is 19.9. The molecular formula is C25H37N3O2. The zero-order valence-electron chi connectivity index (χ0n) is 18.8. The molecule has 1 N–H and O–H groups in total. The van der Waals surface area contributed by atoms with Crippen molar-refractivity contribution in [1.29, 1.82) is 0 Å². The van der Waals surface area contributed by atoms with Crippen LogP contribution < -0.4 is 10.2 Å². The fraction of sp³-hybridized carbons (Fsp3) is 0.680. The van der Waals surface area contributed by atoms with Crippen LogP contribution in [0, 0.1) is 17.8 Å². The molecule has 2 aliphatic rings. The number of piperidine rings is 1. The molecule has 1 aromatic heterocycles. The number of nitrogens with one attached hydrogen (secondary N) is 1. The minimum Gasteiger partial charge on any atom is -0.423 e. The van der Waals surface area contributed by atoms with Gasteiger partial charge in [-0.2, -0.15) is 4.98 Å². The standard InChI is InChI=1S/C25H37N3O2/c1-4-19-11-12-23-21(16-19)27-25(30-23)28-15-6-5-10-22(28)24(29)26-14-13-20-17(2)8-7-9-18(20)3/h11-12,16-18,20,22H,4-10,13-15H2,1-3H3,(H,26,29)/t17-,18+,20?,22-/m0/s1. The quantitative estimate of drug-likeness (QED) is 0.698. The summed E-state index contributed by atoms with van der Waals surface area (Å²) < 4.78 is 6.05. The predicted molar refractivity (Wildman–Crippen MR) is 122 cm³/mol. The molecule has 2 heterocycles. The Morgan fingerprint density at radius 2 is 1.97 bits per heavy atom. The van der Waals surface area contributed by atoms with Crippen LogP contribution in [0.4, 0.5) is 6.01 Å². The maximum absolute atomic E-state index is 13.1. The van der Waals surface area contributed by atoms with Gasteiger partial charge in [0.15, 0.2) is 5.58 Å². The van der Waals surface area contributed by atoms with Crippen LogP contribution in [0.15, 0.2) is 22.6 Å². The molecule has 4 rings (SSSR count). The number of oxazole rings is 1. The number of rotatable bonds is 6. The summed E-state index contributed by atoms with van der Waals surface area (Å²) in [6.07, 6.45) is 9.08. The summed E-state index contributed by atoms with van der Waals surface area (Å²) in [5.41, 5.74) is 2.93. The van der Waals surface area contributed by atoms with E-state index in [1.807, 2.05) is 6.07 Å². The summed E-state index contributed by atoms with van der Waals surface area (Å²) >= 11 is 0. The normalized spacial score (nSPS) is 27.4. The lowest BCUT2D eigenvalue weighted by molar-refractivity contribution is -0.123. The summed E-state index contributed by atoms with van der Waals surface area (Å²) in [6.45, 7) is 8.49. The van der Waals surface area contributed by atoms with E-state index < -0.39 is 0 Å². The van der Waals surface area contributed by atoms with Gasteiger partial charge in [0.1, 0.15) is 11.6 Å². The molecule has 0 bridgehead atoms. The number of hydrogen-bond donors (Lipinski definition) is 1. The Kier molecular flexibility index (Phi) is 6.64. The van der Waals surface area contributed by atoms with Gasteiger partial charge in [0.25, 0.3) is 6.01 Å². The van der Waals surface area contributed by atoms with E-state index in [0.29, 0.717) is 6.01 Å². The van der Waals surface area contributed by atoms with Crippen molar-refractivity contribution in [2.45, 2.75) is 78.2 Å². The Morgan fingerprint density at radius 3 is 2.73 bits per heavy atom. The largest absolute Gasteiger partial charge is 0.423 e. The molecule has 0 radical (unpaired) electrons. The van der Waals surface area contributed by atoms with Gasteiger partial charge in [0.05, 0.1) is 0 Å². The third kappa shape index (κ3) is 4.50. The van der Waals surface area contributed by atoms with E-state index in [9.17, 15) is 4.79 Å². The number of fused-ring (bicyclic) bond motifs is 1. The topological polar surface area (TPSA) is 58.4 Å². The van der Waals surface area contributed by atoms with Crippen LogP contribution in [0.5, 0.6) is 0 Å². The van der Waals surface area contributed by atoms with Crippen LogP contribution in [0.2, 0.25) is 0 Å². The SMILES string of the molecule is CCc1ccc2oc(N3CCCC[C@H]3C(=O)NCCC3[C@H](C)CCC[C@@H]3C)nc2c1. The van der Waals surface area contributed by atoms with Crippen molar-refractivity contribution < 1.29 is 9.21 Å². The lowest BCUT2D eigenvalue weighted by atomic mass is 9.72. The number of anilines is 1. The summed E-state index contributed by atoms with van der Waals surface area (Å²) in [6, 6.07) is 6.58. The molecule has 1 aliphatic heterocycles. The van der Waals surface area contributed by atoms with E-state index in [4.69, 9.17) is 9.40 Å². The zero-order valence-corrected chi connectivity index (χ0v) is 18.8. The first-order chi connectivity index (χ1) is 14.6. The van der Waals surface area contributed by atoms with Gasteiger partial charge in [-0.25, -0.2) is 0 Å². The van der Waals surface area contributed by atoms with Gasteiger partial charge in [0, 0.05) is 13.1 Å². The summed E-state index contributed by atoms with van der Waals surface area (Å²) in [5.74, 6) is 2.39. The molecule has 0 spiro atoms. The molecule has 1 aliphatic carbocycles. The highest BCUT2D eigenvalue weighted by molar-refractivity contribution is 5.85. The third-order valence-electron chi connectivity index (χ3n) is 7.46. The zero-order chi connectivity index (χ0) is 21.1. The van der Waals surface area contributed by atoms with Crippen molar-refractivity contribution in [2.24, 2.45) is 17.8 Å². The second-order valence-corrected chi connectivity index (χ2v) is 9.49. The second-order valence-electron chi connectivity index (χ2n) is 9.49. The van der Waals surface area contributed by atoms with E-state index in [2.05, 4.69) is 43.1 Å². The van der Waals surface area contributed by atoms with E-state index in [0.717, 1.165) is 74.0 Å². The molecule has 1 aromatic carbocycles. The van der Waals surface area contributed by atoms with Gasteiger partial charge in [-0.1, -0.05) is 46.1 Å². The van der Waals surface area contributed by atoms with Gasteiger partial charge < -0.3 is 14.6 Å². The van der Waals surface area contributed by atoms with Gasteiger partial charge in [-0.15, -0.1) is 0 Å². The van der Waals surface area contributed by atoms with Crippen LogP contribution in [-0.2, 0) is 11.2 Å². The number of benzene rings is 1. The van der Waals surface area contributed by atoms with E-state index in [-0.39, 0.29) is 11.9 Å². The monoisotopic (exact) mass is 411 g/mol. The molecule has 1 unspecified atom stereocenters. The third-order valence-corrected chi connectivity index (χ3v) is 7.46. The molecule has 30 heavy (non-hydrogen) atoms. The highest BCUT2D eigenvalue weighted by Crippen LogP contribution is 2.36. The summed E-state index contributed by atoms with van der Waals surface area (Å²) in [7, 11) is 0. The van der Waals surface area contributed by atoms with E-state index in [1.54, 1.807) is 0 Å². The molecule has 1 saturated heterocycles. The molecule has 5 nitrogen and oxygen atoms in total. The van der Waals surface area contributed by atoms with Crippen LogP contribution in [0.3, 0.4) is 0 Å². The van der Waals surface area contributed by atoms with Crippen molar-refractivity contribution in [3.05, 3.63) is 23.8 Å². The van der Waals surface area contributed by atoms with E-state index >= 15 is 0 Å². The number of aryl methyl sites for hydroxylation is 1. The minimum atomic E-state index is -0.182. The minimum absolute atomic E-state index is 0.127. The van der Waals surface area contributed by atoms with Crippen LogP contribution in [-0.4, -0.2) is 30.0 Å². The lowest BCUT2D eigenvalue weighted by Gasteiger charge is -2.35. The number of hydrogen-bond acceptors (Lipinski definition) is 4. The Labute approximate surface area is 180 Å². The summed E-state index contributed by atoms with van der Waals surface area (Å²) in [5, 5.41) is 3.24. The fourth-order valence-corrected chi connectivity index (χ4v) is 5.54. The Balaban J connectivity index is 1.41. The first-order valence-corrected chi connectivity index (χ1v) is 12.0. The van der Waals surface area contributed by atoms with Crippen LogP contribution in [0.1, 0.15) is 71.3 Å². The highest BCUT2D eigenvalue weighted by atomic mass is 16.4. The molecule has 2 fully saturated rings. The Hall–Kier alpha value is -2.04. The molecule has 1 amide bonds. The first kappa shape index (κ1) is 21.2. The number of aromatic nitrogens is 1. The van der Waals surface area contributed by atoms with Crippen molar-refractivity contribution >= 4 is 23.0 Å². The molecule has 1 saturated carbocycles. The molecule has 5 heteroatoms. The molecule has 164 valence electrons. The van der Waals surface area contributed by atoms with Crippen LogP contribution in [0.25, 0.3) is 11.1 Å². The average molecular weight is 412 g/mol. The maximum Gasteiger partial charge on any atom is 0.299 e. The van der Waals surface area contributed by atoms with E-state index in [1.165, 1.54) is 24.8 Å². The van der Waals surface area contributed by atoms with Gasteiger partial charge in [0.2, 0.25) is 5.91 Å². The first-order valence-electron chi connectivity index (χ1n) is 12.0. The van der Waals surface area contributed by atoms with Gasteiger partial charge in [-0.05, 0) is 67.6 Å². The molecular weight excluding hydrogens is 374 g/mol. The maximum atomic E-state index is 13.1. The number of carbonyl (C=O) groups is 1. The number of amides is 1.